The Kier molecular flexibility index (Phi) is 4.63. The van der Waals surface area contributed by atoms with Crippen LogP contribution in [0.1, 0.15) is 20.8 Å². The lowest BCUT2D eigenvalue weighted by Crippen LogP contribution is -2.03. The van der Waals surface area contributed by atoms with Crippen LogP contribution in [-0.2, 0) is 0 Å². The van der Waals surface area contributed by atoms with E-state index in [1.807, 2.05) is 6.92 Å². The molecule has 3 rings (SSSR count). The Balaban J connectivity index is 2.14. The van der Waals surface area contributed by atoms with Gasteiger partial charge >= 0.3 is 0 Å². The Morgan fingerprint density at radius 3 is 2.20 bits per heavy atom. The molecule has 0 fully saturated rings. The molecule has 3 aromatic rings. The number of hydrogen-bond acceptors (Lipinski definition) is 5. The number of hydrogen-bond donors (Lipinski definition) is 0. The summed E-state index contributed by atoms with van der Waals surface area (Å²) >= 11 is 1.28. The van der Waals surface area contributed by atoms with Crippen LogP contribution in [0.5, 0.6) is 17.2 Å². The number of carbonyl (C=O) groups excluding carboxylic acids is 1. The SMILES string of the molecule is COc1cc(C(=O)c2sc3cc(F)ccc3c2C)cc(OC)c1OC. The van der Waals surface area contributed by atoms with Crippen molar-refractivity contribution in [1.29, 1.82) is 0 Å². The molecule has 0 bridgehead atoms. The molecule has 0 aliphatic heterocycles. The van der Waals surface area contributed by atoms with Crippen molar-refractivity contribution in [3.63, 3.8) is 0 Å². The van der Waals surface area contributed by atoms with Gasteiger partial charge < -0.3 is 14.2 Å². The maximum Gasteiger partial charge on any atom is 0.203 e. The van der Waals surface area contributed by atoms with E-state index in [0.29, 0.717) is 27.7 Å². The molecule has 0 amide bonds. The average molecular weight is 360 g/mol. The van der Waals surface area contributed by atoms with Gasteiger partial charge in [0.25, 0.3) is 0 Å². The lowest BCUT2D eigenvalue weighted by atomic mass is 10.0. The molecule has 1 heterocycles. The Morgan fingerprint density at radius 1 is 1.00 bits per heavy atom. The molecule has 0 spiro atoms. The third kappa shape index (κ3) is 2.93. The van der Waals surface area contributed by atoms with Crippen LogP contribution in [-0.4, -0.2) is 27.1 Å². The second-order valence-corrected chi connectivity index (χ2v) is 6.49. The first kappa shape index (κ1) is 17.2. The number of rotatable bonds is 5. The first-order chi connectivity index (χ1) is 12.0. The monoisotopic (exact) mass is 360 g/mol. The van der Waals surface area contributed by atoms with Gasteiger partial charge in [0.2, 0.25) is 11.5 Å². The predicted octanol–water partition coefficient (Wildman–Crippen LogP) is 4.61. The highest BCUT2D eigenvalue weighted by atomic mass is 32.1. The topological polar surface area (TPSA) is 44.8 Å². The highest BCUT2D eigenvalue weighted by Crippen LogP contribution is 2.40. The standard InChI is InChI=1S/C19H17FO4S/c1-10-13-6-5-12(20)9-16(13)25-19(10)17(21)11-7-14(22-2)18(24-4)15(8-11)23-3/h5-9H,1-4H3. The second-order valence-electron chi connectivity index (χ2n) is 5.44. The zero-order chi connectivity index (χ0) is 18.1. The van der Waals surface area contributed by atoms with Crippen LogP contribution >= 0.6 is 11.3 Å². The summed E-state index contributed by atoms with van der Waals surface area (Å²) in [6.45, 7) is 1.86. The highest BCUT2D eigenvalue weighted by Gasteiger charge is 2.21. The van der Waals surface area contributed by atoms with Crippen LogP contribution in [0.3, 0.4) is 0 Å². The van der Waals surface area contributed by atoms with Gasteiger partial charge in [0.15, 0.2) is 11.5 Å². The minimum Gasteiger partial charge on any atom is -0.493 e. The number of methoxy groups -OCH3 is 3. The van der Waals surface area contributed by atoms with E-state index in [-0.39, 0.29) is 11.6 Å². The molecule has 0 aliphatic rings. The van der Waals surface area contributed by atoms with Gasteiger partial charge in [-0.2, -0.15) is 0 Å². The number of aryl methyl sites for hydroxylation is 1. The Hall–Kier alpha value is -2.60. The predicted molar refractivity (Wildman–Crippen MR) is 96.1 cm³/mol. The van der Waals surface area contributed by atoms with Crippen molar-refractivity contribution in [2.45, 2.75) is 6.92 Å². The maximum absolute atomic E-state index is 13.5. The maximum atomic E-state index is 13.5. The van der Waals surface area contributed by atoms with Crippen molar-refractivity contribution in [3.05, 3.63) is 52.2 Å². The van der Waals surface area contributed by atoms with Crippen molar-refractivity contribution in [3.8, 4) is 17.2 Å². The zero-order valence-corrected chi connectivity index (χ0v) is 15.1. The summed E-state index contributed by atoms with van der Waals surface area (Å²) in [7, 11) is 4.50. The van der Waals surface area contributed by atoms with E-state index in [2.05, 4.69) is 0 Å². The van der Waals surface area contributed by atoms with E-state index in [9.17, 15) is 9.18 Å². The van der Waals surface area contributed by atoms with E-state index >= 15 is 0 Å². The van der Waals surface area contributed by atoms with Crippen molar-refractivity contribution in [2.75, 3.05) is 21.3 Å². The van der Waals surface area contributed by atoms with Crippen molar-refractivity contribution in [1.82, 2.24) is 0 Å². The summed E-state index contributed by atoms with van der Waals surface area (Å²) in [6.07, 6.45) is 0. The number of benzene rings is 2. The van der Waals surface area contributed by atoms with Crippen molar-refractivity contribution < 1.29 is 23.4 Å². The van der Waals surface area contributed by atoms with Crippen LogP contribution in [0.4, 0.5) is 4.39 Å². The van der Waals surface area contributed by atoms with Gasteiger partial charge in [0, 0.05) is 10.3 Å². The summed E-state index contributed by atoms with van der Waals surface area (Å²) in [5, 5.41) is 0.877. The van der Waals surface area contributed by atoms with E-state index in [1.165, 1.54) is 44.8 Å². The lowest BCUT2D eigenvalue weighted by molar-refractivity contribution is 0.104. The number of halogens is 1. The molecule has 2 aromatic carbocycles. The first-order valence-electron chi connectivity index (χ1n) is 7.53. The van der Waals surface area contributed by atoms with E-state index in [0.717, 1.165) is 15.6 Å². The minimum atomic E-state index is -0.319. The molecule has 0 radical (unpaired) electrons. The van der Waals surface area contributed by atoms with Gasteiger partial charge in [-0.15, -0.1) is 11.3 Å². The molecule has 0 saturated carbocycles. The van der Waals surface area contributed by atoms with E-state index in [1.54, 1.807) is 18.2 Å². The van der Waals surface area contributed by atoms with Crippen molar-refractivity contribution in [2.24, 2.45) is 0 Å². The molecule has 1 aromatic heterocycles. The summed E-state index contributed by atoms with van der Waals surface area (Å²) < 4.78 is 30.1. The number of ketones is 1. The van der Waals surface area contributed by atoms with Crippen LogP contribution in [0, 0.1) is 12.7 Å². The third-order valence-corrected chi connectivity index (χ3v) is 5.29. The Bertz CT molecular complexity index is 936. The molecule has 6 heteroatoms. The van der Waals surface area contributed by atoms with E-state index in [4.69, 9.17) is 14.2 Å². The zero-order valence-electron chi connectivity index (χ0n) is 14.3. The highest BCUT2D eigenvalue weighted by molar-refractivity contribution is 7.21. The van der Waals surface area contributed by atoms with Crippen molar-refractivity contribution >= 4 is 27.2 Å². The number of ether oxygens (including phenoxy) is 3. The molecule has 0 aliphatic carbocycles. The molecular weight excluding hydrogens is 343 g/mol. The largest absolute Gasteiger partial charge is 0.493 e. The van der Waals surface area contributed by atoms with Gasteiger partial charge in [-0.05, 0) is 42.1 Å². The fourth-order valence-electron chi connectivity index (χ4n) is 2.76. The lowest BCUT2D eigenvalue weighted by Gasteiger charge is -2.13. The first-order valence-corrected chi connectivity index (χ1v) is 8.35. The van der Waals surface area contributed by atoms with Gasteiger partial charge in [-0.1, -0.05) is 6.07 Å². The smallest absolute Gasteiger partial charge is 0.203 e. The molecule has 0 N–H and O–H groups in total. The Morgan fingerprint density at radius 2 is 1.64 bits per heavy atom. The summed E-state index contributed by atoms with van der Waals surface area (Å²) in [5.74, 6) is 0.764. The number of carbonyl (C=O) groups is 1. The van der Waals surface area contributed by atoms with Gasteiger partial charge in [0.05, 0.1) is 26.2 Å². The van der Waals surface area contributed by atoms with Crippen LogP contribution in [0.2, 0.25) is 0 Å². The second kappa shape index (κ2) is 6.72. The van der Waals surface area contributed by atoms with Gasteiger partial charge in [-0.3, -0.25) is 4.79 Å². The summed E-state index contributed by atoms with van der Waals surface area (Å²) in [6, 6.07) is 7.78. The fraction of sp³-hybridized carbons (Fsp3) is 0.211. The molecule has 25 heavy (non-hydrogen) atoms. The van der Waals surface area contributed by atoms with E-state index < -0.39 is 0 Å². The molecule has 0 atom stereocenters. The van der Waals surface area contributed by atoms with Crippen LogP contribution in [0.15, 0.2) is 30.3 Å². The van der Waals surface area contributed by atoms with Crippen LogP contribution in [0.25, 0.3) is 10.1 Å². The Labute approximate surface area is 148 Å². The molecule has 4 nitrogen and oxygen atoms in total. The quantitative estimate of drug-likeness (QED) is 0.624. The molecule has 130 valence electrons. The number of thiophene rings is 1. The molecule has 0 unspecified atom stereocenters. The summed E-state index contributed by atoms with van der Waals surface area (Å²) in [4.78, 5) is 13.6. The molecular formula is C19H17FO4S. The van der Waals surface area contributed by atoms with Gasteiger partial charge in [-0.25, -0.2) is 4.39 Å². The number of fused-ring (bicyclic) bond motifs is 1. The minimum absolute atomic E-state index is 0.168. The summed E-state index contributed by atoms with van der Waals surface area (Å²) in [5.41, 5.74) is 1.25. The normalized spacial score (nSPS) is 10.8. The average Bonchev–Trinajstić information content (AvgIpc) is 2.95. The van der Waals surface area contributed by atoms with Crippen LogP contribution < -0.4 is 14.2 Å². The van der Waals surface area contributed by atoms with Gasteiger partial charge in [0.1, 0.15) is 5.82 Å². The fourth-order valence-corrected chi connectivity index (χ4v) is 3.96. The third-order valence-electron chi connectivity index (χ3n) is 4.03. The molecule has 0 saturated heterocycles.